The van der Waals surface area contributed by atoms with Gasteiger partial charge in [-0.3, -0.25) is 9.36 Å². The van der Waals surface area contributed by atoms with Gasteiger partial charge in [-0.15, -0.1) is 0 Å². The second kappa shape index (κ2) is 6.12. The number of rotatable bonds is 6. The molecule has 3 rings (SSSR count). The molecule has 6 heteroatoms. The van der Waals surface area contributed by atoms with Gasteiger partial charge >= 0.3 is 0 Å². The number of nitrogens with one attached hydrogen (secondary N) is 1. The Morgan fingerprint density at radius 2 is 2.09 bits per heavy atom. The highest BCUT2D eigenvalue weighted by atomic mass is 16.3. The van der Waals surface area contributed by atoms with Crippen LogP contribution >= 0.6 is 0 Å². The minimum absolute atomic E-state index is 0.112. The second-order valence-electron chi connectivity index (χ2n) is 6.16. The summed E-state index contributed by atoms with van der Waals surface area (Å²) in [7, 11) is 1.99. The van der Waals surface area contributed by atoms with E-state index in [1.54, 1.807) is 0 Å². The van der Waals surface area contributed by atoms with Gasteiger partial charge < -0.3 is 10.4 Å². The van der Waals surface area contributed by atoms with E-state index in [-0.39, 0.29) is 6.61 Å². The highest BCUT2D eigenvalue weighted by molar-refractivity contribution is 5.40. The molecule has 1 fully saturated rings. The predicted molar refractivity (Wildman–Crippen MR) is 85.9 cm³/mol. The highest BCUT2D eigenvalue weighted by Gasteiger charge is 2.23. The molecular weight excluding hydrogens is 278 g/mol. The first-order valence-electron chi connectivity index (χ1n) is 8.01. The van der Waals surface area contributed by atoms with E-state index in [1.807, 2.05) is 23.3 Å². The molecule has 0 unspecified atom stereocenters. The van der Waals surface area contributed by atoms with Crippen LogP contribution in [0.2, 0.25) is 0 Å². The Labute approximate surface area is 131 Å². The zero-order valence-electron chi connectivity index (χ0n) is 13.6. The number of aliphatic hydroxyl groups is 1. The number of nitrogens with zero attached hydrogens (tertiary/aromatic N) is 4. The summed E-state index contributed by atoms with van der Waals surface area (Å²) in [6, 6.07) is 2.17. The first-order valence-corrected chi connectivity index (χ1v) is 8.01. The summed E-state index contributed by atoms with van der Waals surface area (Å²) < 4.78 is 3.80. The van der Waals surface area contributed by atoms with Crippen molar-refractivity contribution in [1.82, 2.24) is 19.6 Å². The molecule has 2 N–H and O–H groups in total. The lowest BCUT2D eigenvalue weighted by atomic mass is 9.83. The van der Waals surface area contributed by atoms with Gasteiger partial charge in [-0.25, -0.2) is 0 Å². The maximum absolute atomic E-state index is 9.08. The van der Waals surface area contributed by atoms with E-state index < -0.39 is 0 Å². The van der Waals surface area contributed by atoms with Gasteiger partial charge in [0.2, 0.25) is 0 Å². The predicted octanol–water partition coefficient (Wildman–Crippen LogP) is 2.11. The summed E-state index contributed by atoms with van der Waals surface area (Å²) in [5.74, 6) is 1.70. The summed E-state index contributed by atoms with van der Waals surface area (Å²) in [4.78, 5) is 0. The first kappa shape index (κ1) is 15.1. The normalized spacial score (nSPS) is 15.1. The molecule has 2 heterocycles. The van der Waals surface area contributed by atoms with Crippen molar-refractivity contribution in [3.63, 3.8) is 0 Å². The molecule has 0 radical (unpaired) electrons. The van der Waals surface area contributed by atoms with Crippen molar-refractivity contribution in [2.75, 3.05) is 11.9 Å². The minimum Gasteiger partial charge on any atom is -0.394 e. The van der Waals surface area contributed by atoms with Gasteiger partial charge in [-0.1, -0.05) is 6.42 Å². The van der Waals surface area contributed by atoms with Crippen LogP contribution in [0, 0.1) is 13.8 Å². The number of aliphatic hydroxyl groups excluding tert-OH is 1. The van der Waals surface area contributed by atoms with Crippen molar-refractivity contribution in [3.8, 4) is 0 Å². The van der Waals surface area contributed by atoms with Crippen molar-refractivity contribution in [2.24, 2.45) is 7.05 Å². The van der Waals surface area contributed by atoms with Gasteiger partial charge in [0.15, 0.2) is 0 Å². The van der Waals surface area contributed by atoms with Crippen molar-refractivity contribution < 1.29 is 5.11 Å². The second-order valence-corrected chi connectivity index (χ2v) is 6.16. The van der Waals surface area contributed by atoms with Crippen molar-refractivity contribution >= 4 is 5.82 Å². The lowest BCUT2D eigenvalue weighted by Gasteiger charge is -2.22. The van der Waals surface area contributed by atoms with Gasteiger partial charge in [0.05, 0.1) is 24.5 Å². The standard InChI is InChI=1S/C16H25N5O/c1-11-14(12(2)21(18-11)7-8-22)10-17-16-9-15(19-20(16)3)13-5-4-6-13/h9,13,17,22H,4-8,10H2,1-3H3. The van der Waals surface area contributed by atoms with Crippen LogP contribution in [0.4, 0.5) is 5.82 Å². The molecule has 2 aromatic rings. The third kappa shape index (κ3) is 2.75. The molecule has 1 saturated carbocycles. The lowest BCUT2D eigenvalue weighted by molar-refractivity contribution is 0.268. The first-order chi connectivity index (χ1) is 10.6. The summed E-state index contributed by atoms with van der Waals surface area (Å²) in [5, 5.41) is 21.7. The van der Waals surface area contributed by atoms with Crippen molar-refractivity contribution in [3.05, 3.63) is 28.7 Å². The van der Waals surface area contributed by atoms with Crippen molar-refractivity contribution in [1.29, 1.82) is 0 Å². The molecule has 0 spiro atoms. The van der Waals surface area contributed by atoms with Gasteiger partial charge in [0, 0.05) is 36.8 Å². The van der Waals surface area contributed by atoms with Crippen LogP contribution in [0.3, 0.4) is 0 Å². The summed E-state index contributed by atoms with van der Waals surface area (Å²) in [5.41, 5.74) is 4.53. The summed E-state index contributed by atoms with van der Waals surface area (Å²) in [6.07, 6.45) is 3.86. The van der Waals surface area contributed by atoms with E-state index in [1.165, 1.54) is 30.5 Å². The Morgan fingerprint density at radius 3 is 2.73 bits per heavy atom. The van der Waals surface area contributed by atoms with Crippen LogP contribution in [0.1, 0.15) is 47.8 Å². The Hall–Kier alpha value is -1.82. The fourth-order valence-corrected chi connectivity index (χ4v) is 3.04. The molecule has 0 bridgehead atoms. The van der Waals surface area contributed by atoms with Crippen molar-refractivity contribution in [2.45, 2.75) is 52.1 Å². The molecule has 6 nitrogen and oxygen atoms in total. The van der Waals surface area contributed by atoms with Gasteiger partial charge in [-0.2, -0.15) is 10.2 Å². The Bertz CT molecular complexity index is 654. The molecule has 0 amide bonds. The molecule has 1 aliphatic carbocycles. The Kier molecular flexibility index (Phi) is 4.20. The smallest absolute Gasteiger partial charge is 0.124 e. The third-order valence-corrected chi connectivity index (χ3v) is 4.71. The molecular formula is C16H25N5O. The van der Waals surface area contributed by atoms with Crippen LogP contribution in [0.5, 0.6) is 0 Å². The average Bonchev–Trinajstić information content (AvgIpc) is 2.88. The van der Waals surface area contributed by atoms with Gasteiger partial charge in [0.25, 0.3) is 0 Å². The number of hydrogen-bond acceptors (Lipinski definition) is 4. The molecule has 0 aliphatic heterocycles. The van der Waals surface area contributed by atoms with E-state index in [2.05, 4.69) is 28.5 Å². The van der Waals surface area contributed by atoms with Crippen LogP contribution in [-0.4, -0.2) is 31.3 Å². The van der Waals surface area contributed by atoms with E-state index in [9.17, 15) is 0 Å². The molecule has 2 aromatic heterocycles. The molecule has 1 aliphatic rings. The minimum atomic E-state index is 0.112. The highest BCUT2D eigenvalue weighted by Crippen LogP contribution is 2.36. The zero-order chi connectivity index (χ0) is 15.7. The number of hydrogen-bond donors (Lipinski definition) is 2. The fraction of sp³-hybridized carbons (Fsp3) is 0.625. The van der Waals surface area contributed by atoms with E-state index >= 15 is 0 Å². The zero-order valence-corrected chi connectivity index (χ0v) is 13.6. The number of aryl methyl sites for hydroxylation is 2. The average molecular weight is 303 g/mol. The molecule has 0 atom stereocenters. The van der Waals surface area contributed by atoms with E-state index in [4.69, 9.17) is 5.11 Å². The lowest BCUT2D eigenvalue weighted by Crippen LogP contribution is -2.09. The largest absolute Gasteiger partial charge is 0.394 e. The third-order valence-electron chi connectivity index (χ3n) is 4.71. The fourth-order valence-electron chi connectivity index (χ4n) is 3.04. The Morgan fingerprint density at radius 1 is 1.32 bits per heavy atom. The molecule has 0 aromatic carbocycles. The Balaban J connectivity index is 1.71. The van der Waals surface area contributed by atoms with Gasteiger partial charge in [0.1, 0.15) is 5.82 Å². The SMILES string of the molecule is Cc1nn(CCO)c(C)c1CNc1cc(C2CCC2)nn1C. The molecule has 0 saturated heterocycles. The summed E-state index contributed by atoms with van der Waals surface area (Å²) in [6.45, 7) is 5.45. The van der Waals surface area contributed by atoms with Crippen LogP contribution in [0.15, 0.2) is 6.07 Å². The van der Waals surface area contributed by atoms with Gasteiger partial charge in [-0.05, 0) is 26.7 Å². The maximum Gasteiger partial charge on any atom is 0.124 e. The number of aromatic nitrogens is 4. The topological polar surface area (TPSA) is 67.9 Å². The maximum atomic E-state index is 9.08. The molecule has 120 valence electrons. The van der Waals surface area contributed by atoms with E-state index in [0.29, 0.717) is 12.5 Å². The summed E-state index contributed by atoms with van der Waals surface area (Å²) >= 11 is 0. The quantitative estimate of drug-likeness (QED) is 0.857. The van der Waals surface area contributed by atoms with Crippen LogP contribution in [-0.2, 0) is 20.1 Å². The molecule has 22 heavy (non-hydrogen) atoms. The van der Waals surface area contributed by atoms with Crippen LogP contribution < -0.4 is 5.32 Å². The van der Waals surface area contributed by atoms with Crippen LogP contribution in [0.25, 0.3) is 0 Å². The monoisotopic (exact) mass is 303 g/mol. The number of anilines is 1. The van der Waals surface area contributed by atoms with E-state index in [0.717, 1.165) is 23.8 Å².